The van der Waals surface area contributed by atoms with E-state index in [2.05, 4.69) is 0 Å². The van der Waals surface area contributed by atoms with Crippen LogP contribution >= 0.6 is 23.2 Å². The van der Waals surface area contributed by atoms with Crippen molar-refractivity contribution in [1.82, 2.24) is 0 Å². The summed E-state index contributed by atoms with van der Waals surface area (Å²) in [5.41, 5.74) is -1.36. The molecule has 0 fully saturated rings. The van der Waals surface area contributed by atoms with E-state index in [1.807, 2.05) is 0 Å². The number of carboxylic acids is 1. The van der Waals surface area contributed by atoms with E-state index in [0.29, 0.717) is 10.6 Å². The van der Waals surface area contributed by atoms with Crippen LogP contribution in [0.4, 0.5) is 0 Å². The second-order valence-corrected chi connectivity index (χ2v) is 8.56. The van der Waals surface area contributed by atoms with Gasteiger partial charge in [-0.15, -0.1) is 0 Å². The molecule has 5 nitrogen and oxygen atoms in total. The van der Waals surface area contributed by atoms with E-state index in [1.54, 1.807) is 24.3 Å². The summed E-state index contributed by atoms with van der Waals surface area (Å²) in [6, 6.07) is 10.1. The Morgan fingerprint density at radius 3 is 2.24 bits per heavy atom. The normalized spacial score (nSPS) is 13.9. The average Bonchev–Trinajstić information content (AvgIpc) is 2.56. The molecule has 1 unspecified atom stereocenters. The highest BCUT2D eigenvalue weighted by atomic mass is 35.5. The van der Waals surface area contributed by atoms with Crippen molar-refractivity contribution >= 4 is 39.0 Å². The van der Waals surface area contributed by atoms with Gasteiger partial charge < -0.3 is 9.84 Å². The zero-order valence-electron chi connectivity index (χ0n) is 13.5. The van der Waals surface area contributed by atoms with Crippen LogP contribution in [0, 0.1) is 0 Å². The third kappa shape index (κ3) is 4.08. The molecule has 0 saturated carbocycles. The molecule has 0 heterocycles. The summed E-state index contributed by atoms with van der Waals surface area (Å²) in [6.07, 6.45) is 0. The Hall–Kier alpha value is -1.76. The van der Waals surface area contributed by atoms with Crippen molar-refractivity contribution in [3.8, 4) is 5.75 Å². The summed E-state index contributed by atoms with van der Waals surface area (Å²) in [4.78, 5) is 11.8. The minimum absolute atomic E-state index is 0.0102. The van der Waals surface area contributed by atoms with Gasteiger partial charge in [0, 0.05) is 10.6 Å². The highest BCUT2D eigenvalue weighted by Gasteiger charge is 2.38. The Kier molecular flexibility index (Phi) is 5.66. The highest BCUT2D eigenvalue weighted by molar-refractivity contribution is 7.91. The van der Waals surface area contributed by atoms with Crippen LogP contribution in [0.15, 0.2) is 47.4 Å². The van der Waals surface area contributed by atoms with Crippen molar-refractivity contribution in [3.05, 3.63) is 58.1 Å². The predicted octanol–water partition coefficient (Wildman–Crippen LogP) is 4.17. The standard InChI is InChI=1S/C17H16Cl2O5S/c1-3-25(22,23)13-8-9-15(14(19)10-13)24-17(2,16(20)21)11-4-6-12(18)7-5-11/h4-10H,3H2,1-2H3,(H,20,21). The van der Waals surface area contributed by atoms with E-state index < -0.39 is 21.4 Å². The Morgan fingerprint density at radius 1 is 1.16 bits per heavy atom. The number of carboxylic acid groups (broad SMARTS) is 1. The second-order valence-electron chi connectivity index (χ2n) is 5.44. The molecular weight excluding hydrogens is 387 g/mol. The molecule has 25 heavy (non-hydrogen) atoms. The average molecular weight is 403 g/mol. The Labute approximate surface area is 156 Å². The van der Waals surface area contributed by atoms with Crippen LogP contribution in [0.5, 0.6) is 5.75 Å². The molecule has 1 N–H and O–H groups in total. The molecule has 0 amide bonds. The molecule has 134 valence electrons. The topological polar surface area (TPSA) is 80.7 Å². The summed E-state index contributed by atoms with van der Waals surface area (Å²) < 4.78 is 29.5. The number of hydrogen-bond donors (Lipinski definition) is 1. The first-order valence-corrected chi connectivity index (χ1v) is 9.71. The van der Waals surface area contributed by atoms with Gasteiger partial charge in [-0.1, -0.05) is 42.3 Å². The summed E-state index contributed by atoms with van der Waals surface area (Å²) in [5, 5.41) is 10.1. The Bertz CT molecular complexity index is 894. The van der Waals surface area contributed by atoms with Gasteiger partial charge >= 0.3 is 5.97 Å². The van der Waals surface area contributed by atoms with Gasteiger partial charge in [-0.3, -0.25) is 0 Å². The summed E-state index contributed by atoms with van der Waals surface area (Å²) in [6.45, 7) is 2.90. The van der Waals surface area contributed by atoms with Gasteiger partial charge in [-0.05, 0) is 37.3 Å². The first kappa shape index (κ1) is 19.6. The van der Waals surface area contributed by atoms with Crippen LogP contribution in [0.3, 0.4) is 0 Å². The number of rotatable bonds is 6. The van der Waals surface area contributed by atoms with Crippen LogP contribution in [-0.4, -0.2) is 25.2 Å². The smallest absolute Gasteiger partial charge is 0.352 e. The van der Waals surface area contributed by atoms with E-state index in [1.165, 1.54) is 32.0 Å². The molecular formula is C17H16Cl2O5S. The van der Waals surface area contributed by atoms with Gasteiger partial charge in [0.1, 0.15) is 5.75 Å². The Balaban J connectivity index is 2.44. The fourth-order valence-corrected chi connectivity index (χ4v) is 3.45. The summed E-state index contributed by atoms with van der Waals surface area (Å²) in [5.74, 6) is -1.23. The largest absolute Gasteiger partial charge is 0.478 e. The molecule has 2 rings (SSSR count). The lowest BCUT2D eigenvalue weighted by atomic mass is 9.96. The van der Waals surface area contributed by atoms with Crippen molar-refractivity contribution in [3.63, 3.8) is 0 Å². The van der Waals surface area contributed by atoms with Crippen LogP contribution in [0.2, 0.25) is 10.0 Å². The lowest BCUT2D eigenvalue weighted by Gasteiger charge is -2.27. The third-order valence-corrected chi connectivity index (χ3v) is 6.04. The zero-order chi connectivity index (χ0) is 18.8. The second kappa shape index (κ2) is 7.23. The van der Waals surface area contributed by atoms with Gasteiger partial charge in [0.05, 0.1) is 15.7 Å². The first-order valence-electron chi connectivity index (χ1n) is 7.31. The van der Waals surface area contributed by atoms with Crippen molar-refractivity contribution in [2.45, 2.75) is 24.3 Å². The minimum Gasteiger partial charge on any atom is -0.478 e. The van der Waals surface area contributed by atoms with Crippen molar-refractivity contribution in [2.24, 2.45) is 0 Å². The quantitative estimate of drug-likeness (QED) is 0.783. The SMILES string of the molecule is CCS(=O)(=O)c1ccc(OC(C)(C(=O)O)c2ccc(Cl)cc2)c(Cl)c1. The van der Waals surface area contributed by atoms with Crippen LogP contribution < -0.4 is 4.74 Å². The monoisotopic (exact) mass is 402 g/mol. The van der Waals surface area contributed by atoms with Gasteiger partial charge in [0.2, 0.25) is 5.60 Å². The Morgan fingerprint density at radius 2 is 1.76 bits per heavy atom. The van der Waals surface area contributed by atoms with Gasteiger partial charge in [0.25, 0.3) is 0 Å². The van der Waals surface area contributed by atoms with Crippen molar-refractivity contribution < 1.29 is 23.1 Å². The maximum absolute atomic E-state index is 11.9. The lowest BCUT2D eigenvalue weighted by Crippen LogP contribution is -2.38. The van der Waals surface area contributed by atoms with Gasteiger partial charge in [0.15, 0.2) is 9.84 Å². The van der Waals surface area contributed by atoms with Crippen LogP contribution in [0.1, 0.15) is 19.4 Å². The molecule has 0 bridgehead atoms. The van der Waals surface area contributed by atoms with Gasteiger partial charge in [-0.2, -0.15) is 0 Å². The fourth-order valence-electron chi connectivity index (χ4n) is 2.14. The molecule has 2 aromatic rings. The van der Waals surface area contributed by atoms with E-state index in [0.717, 1.165) is 0 Å². The molecule has 0 spiro atoms. The fraction of sp³-hybridized carbons (Fsp3) is 0.235. The predicted molar refractivity (Wildman–Crippen MR) is 96.2 cm³/mol. The maximum atomic E-state index is 11.9. The molecule has 0 aromatic heterocycles. The molecule has 0 aliphatic carbocycles. The molecule has 0 aliphatic heterocycles. The van der Waals surface area contributed by atoms with Crippen molar-refractivity contribution in [1.29, 1.82) is 0 Å². The first-order chi connectivity index (χ1) is 11.6. The van der Waals surface area contributed by atoms with Crippen LogP contribution in [0.25, 0.3) is 0 Å². The summed E-state index contributed by atoms with van der Waals surface area (Å²) in [7, 11) is -3.43. The van der Waals surface area contributed by atoms with E-state index in [9.17, 15) is 18.3 Å². The molecule has 0 radical (unpaired) electrons. The number of benzene rings is 2. The van der Waals surface area contributed by atoms with E-state index >= 15 is 0 Å². The molecule has 1 atom stereocenters. The number of halogens is 2. The number of hydrogen-bond acceptors (Lipinski definition) is 4. The maximum Gasteiger partial charge on any atom is 0.352 e. The van der Waals surface area contributed by atoms with Crippen molar-refractivity contribution in [2.75, 3.05) is 5.75 Å². The number of sulfone groups is 1. The van der Waals surface area contributed by atoms with E-state index in [4.69, 9.17) is 27.9 Å². The van der Waals surface area contributed by atoms with Crippen LogP contribution in [-0.2, 0) is 20.2 Å². The highest BCUT2D eigenvalue weighted by Crippen LogP contribution is 2.35. The molecule has 0 saturated heterocycles. The zero-order valence-corrected chi connectivity index (χ0v) is 15.8. The van der Waals surface area contributed by atoms with Gasteiger partial charge in [-0.25, -0.2) is 13.2 Å². The van der Waals surface area contributed by atoms with E-state index in [-0.39, 0.29) is 21.4 Å². The molecule has 8 heteroatoms. The number of aliphatic carboxylic acids is 1. The molecule has 0 aliphatic rings. The molecule has 2 aromatic carbocycles. The third-order valence-electron chi connectivity index (χ3n) is 3.76. The minimum atomic E-state index is -3.43. The summed E-state index contributed by atoms with van der Waals surface area (Å²) >= 11 is 11.9. The number of carbonyl (C=O) groups is 1. The number of ether oxygens (including phenoxy) is 1. The lowest BCUT2D eigenvalue weighted by molar-refractivity contribution is -0.154.